The number of likely N-dealkylation sites (tertiary alicyclic amines) is 2. The third kappa shape index (κ3) is 4.39. The maximum absolute atomic E-state index is 15.2. The third-order valence-electron chi connectivity index (χ3n) is 11.0. The summed E-state index contributed by atoms with van der Waals surface area (Å²) in [6.07, 6.45) is 1.83. The SMILES string of the molecule is COC(=O)NC(C(=O)N1CC2C3CC(F)C(C3)C2C1C(=O)N1CC2(CNc3ncccc3O2)CC1C#N)C1(C)CCOC1. The fourth-order valence-corrected chi connectivity index (χ4v) is 8.82. The van der Waals surface area contributed by atoms with E-state index in [1.54, 1.807) is 23.2 Å². The second kappa shape index (κ2) is 10.2. The first kappa shape index (κ1) is 28.1. The lowest BCUT2D eigenvalue weighted by Crippen LogP contribution is -2.61. The third-order valence-corrected chi connectivity index (χ3v) is 11.0. The Morgan fingerprint density at radius 3 is 2.88 bits per heavy atom. The lowest BCUT2D eigenvalue weighted by Gasteiger charge is -2.39. The maximum Gasteiger partial charge on any atom is 0.407 e. The average molecular weight is 597 g/mol. The van der Waals surface area contributed by atoms with Crippen molar-refractivity contribution in [2.24, 2.45) is 29.1 Å². The van der Waals surface area contributed by atoms with Crippen molar-refractivity contribution in [3.05, 3.63) is 18.3 Å². The molecule has 6 aliphatic rings. The van der Waals surface area contributed by atoms with Crippen molar-refractivity contribution in [3.8, 4) is 11.8 Å². The molecule has 2 N–H and O–H groups in total. The first-order valence-corrected chi connectivity index (χ1v) is 15.1. The number of alkyl halides is 1. The van der Waals surface area contributed by atoms with E-state index in [4.69, 9.17) is 14.2 Å². The van der Waals surface area contributed by atoms with Crippen LogP contribution in [0.1, 0.15) is 32.6 Å². The van der Waals surface area contributed by atoms with Gasteiger partial charge in [0.25, 0.3) is 0 Å². The number of amides is 3. The summed E-state index contributed by atoms with van der Waals surface area (Å²) in [6.45, 7) is 3.39. The van der Waals surface area contributed by atoms with Gasteiger partial charge in [-0.05, 0) is 55.1 Å². The number of hydrogen-bond donors (Lipinski definition) is 2. The Balaban J connectivity index is 1.21. The summed E-state index contributed by atoms with van der Waals surface area (Å²) in [5.41, 5.74) is -1.56. The van der Waals surface area contributed by atoms with Gasteiger partial charge >= 0.3 is 6.09 Å². The van der Waals surface area contributed by atoms with Crippen LogP contribution in [-0.2, 0) is 19.1 Å². The zero-order valence-corrected chi connectivity index (χ0v) is 24.3. The number of rotatable bonds is 4. The lowest BCUT2D eigenvalue weighted by molar-refractivity contribution is -0.148. The minimum atomic E-state index is -1.03. The molecule has 2 bridgehead atoms. The Bertz CT molecular complexity index is 1370. The van der Waals surface area contributed by atoms with Crippen LogP contribution in [0.25, 0.3) is 0 Å². The molecule has 0 radical (unpaired) electrons. The summed E-state index contributed by atoms with van der Waals surface area (Å²) in [6, 6.07) is 3.11. The van der Waals surface area contributed by atoms with Gasteiger partial charge in [-0.2, -0.15) is 5.26 Å². The molecule has 2 aliphatic carbocycles. The van der Waals surface area contributed by atoms with Crippen molar-refractivity contribution in [3.63, 3.8) is 0 Å². The highest BCUT2D eigenvalue weighted by molar-refractivity contribution is 5.93. The highest BCUT2D eigenvalue weighted by Crippen LogP contribution is 2.59. The molecule has 230 valence electrons. The molecule has 10 atom stereocenters. The summed E-state index contributed by atoms with van der Waals surface area (Å²) in [7, 11) is 1.23. The predicted molar refractivity (Wildman–Crippen MR) is 148 cm³/mol. The zero-order chi connectivity index (χ0) is 30.1. The van der Waals surface area contributed by atoms with Crippen LogP contribution in [-0.4, -0.2) is 103 Å². The number of carbonyl (C=O) groups excluding carboxylic acids is 3. The van der Waals surface area contributed by atoms with Crippen molar-refractivity contribution in [2.45, 2.75) is 62.5 Å². The largest absolute Gasteiger partial charge is 0.480 e. The number of halogens is 1. The summed E-state index contributed by atoms with van der Waals surface area (Å²) in [5, 5.41) is 16.2. The van der Waals surface area contributed by atoms with E-state index in [9.17, 15) is 19.6 Å². The number of hydrogen-bond acceptors (Lipinski definition) is 9. The summed E-state index contributed by atoms with van der Waals surface area (Å²) >= 11 is 0. The highest BCUT2D eigenvalue weighted by Gasteiger charge is 2.65. The van der Waals surface area contributed by atoms with Crippen LogP contribution >= 0.6 is 0 Å². The van der Waals surface area contributed by atoms with E-state index >= 15 is 4.39 Å². The quantitative estimate of drug-likeness (QED) is 0.531. The number of pyridine rings is 1. The molecule has 5 fully saturated rings. The minimum Gasteiger partial charge on any atom is -0.480 e. The number of fused-ring (bicyclic) bond motifs is 6. The second-order valence-corrected chi connectivity index (χ2v) is 13.4. The number of methoxy groups -OCH3 is 1. The summed E-state index contributed by atoms with van der Waals surface area (Å²) in [4.78, 5) is 49.0. The van der Waals surface area contributed by atoms with Crippen LogP contribution in [0.4, 0.5) is 15.0 Å². The molecule has 3 saturated heterocycles. The van der Waals surface area contributed by atoms with Gasteiger partial charge in [0.1, 0.15) is 29.9 Å². The van der Waals surface area contributed by atoms with Gasteiger partial charge in [0.15, 0.2) is 11.6 Å². The van der Waals surface area contributed by atoms with Gasteiger partial charge in [0.05, 0.1) is 32.9 Å². The lowest BCUT2D eigenvalue weighted by atomic mass is 9.77. The van der Waals surface area contributed by atoms with Crippen molar-refractivity contribution in [1.29, 1.82) is 5.26 Å². The molecule has 5 heterocycles. The first-order valence-electron chi connectivity index (χ1n) is 15.1. The van der Waals surface area contributed by atoms with Gasteiger partial charge in [-0.3, -0.25) is 9.59 Å². The van der Waals surface area contributed by atoms with Crippen molar-refractivity contribution in [1.82, 2.24) is 20.1 Å². The fraction of sp³-hybridized carbons (Fsp3) is 0.700. The van der Waals surface area contributed by atoms with Crippen LogP contribution in [0.15, 0.2) is 18.3 Å². The number of ether oxygens (including phenoxy) is 3. The van der Waals surface area contributed by atoms with Crippen molar-refractivity contribution >= 4 is 23.7 Å². The van der Waals surface area contributed by atoms with Crippen LogP contribution in [0.5, 0.6) is 5.75 Å². The standard InChI is InChI=1S/C30H37FN6O6/c1-29(5-7-42-15-29)24(35-28(40)41-2)27(39)36-12-19-16-8-18(20(31)9-16)22(19)23(36)26(38)37-14-30(10-17(37)11-32)13-34-25-21(43-30)4-3-6-33-25/h3-4,6,16-20,22-24H,5,7-10,12-15H2,1-2H3,(H,33,34)(H,35,40). The van der Waals surface area contributed by atoms with Crippen LogP contribution in [0.2, 0.25) is 0 Å². The van der Waals surface area contributed by atoms with E-state index in [1.807, 2.05) is 6.92 Å². The predicted octanol–water partition coefficient (Wildman–Crippen LogP) is 1.72. The second-order valence-electron chi connectivity index (χ2n) is 13.4. The van der Waals surface area contributed by atoms with Gasteiger partial charge in [-0.25, -0.2) is 14.2 Å². The Morgan fingerprint density at radius 2 is 2.14 bits per heavy atom. The molecule has 1 aromatic rings. The van der Waals surface area contributed by atoms with Crippen molar-refractivity contribution in [2.75, 3.05) is 45.3 Å². The fourth-order valence-electron chi connectivity index (χ4n) is 8.82. The van der Waals surface area contributed by atoms with Gasteiger partial charge < -0.3 is 34.6 Å². The van der Waals surface area contributed by atoms with E-state index < -0.39 is 47.3 Å². The van der Waals surface area contributed by atoms with E-state index in [0.717, 1.165) is 0 Å². The smallest absolute Gasteiger partial charge is 0.407 e. The van der Waals surface area contributed by atoms with Gasteiger partial charge in [0, 0.05) is 31.2 Å². The number of aromatic nitrogens is 1. The molecule has 7 rings (SSSR count). The summed E-state index contributed by atoms with van der Waals surface area (Å²) in [5.74, 6) is -0.246. The van der Waals surface area contributed by atoms with Crippen LogP contribution < -0.4 is 15.4 Å². The zero-order valence-electron chi connectivity index (χ0n) is 24.3. The molecular weight excluding hydrogens is 559 g/mol. The Kier molecular flexibility index (Phi) is 6.68. The highest BCUT2D eigenvalue weighted by atomic mass is 19.1. The van der Waals surface area contributed by atoms with Gasteiger partial charge in [-0.1, -0.05) is 6.92 Å². The number of anilines is 1. The number of nitrogens with one attached hydrogen (secondary N) is 2. The average Bonchev–Trinajstić information content (AvgIpc) is 3.82. The van der Waals surface area contributed by atoms with Gasteiger partial charge in [0.2, 0.25) is 11.8 Å². The number of nitriles is 1. The molecule has 1 aromatic heterocycles. The Labute approximate surface area is 249 Å². The van der Waals surface area contributed by atoms with E-state index in [1.165, 1.54) is 12.0 Å². The van der Waals surface area contributed by atoms with E-state index in [2.05, 4.69) is 21.7 Å². The molecule has 13 heteroatoms. The molecule has 43 heavy (non-hydrogen) atoms. The van der Waals surface area contributed by atoms with E-state index in [-0.39, 0.29) is 49.2 Å². The van der Waals surface area contributed by atoms with Gasteiger partial charge in [-0.15, -0.1) is 0 Å². The normalized spacial score (nSPS) is 39.4. The van der Waals surface area contributed by atoms with E-state index in [0.29, 0.717) is 50.5 Å². The monoisotopic (exact) mass is 596 g/mol. The molecule has 2 saturated carbocycles. The Morgan fingerprint density at radius 1 is 1.30 bits per heavy atom. The molecule has 1 spiro atoms. The maximum atomic E-state index is 15.2. The molecule has 12 nitrogen and oxygen atoms in total. The van der Waals surface area contributed by atoms with Crippen LogP contribution in [0.3, 0.4) is 0 Å². The number of nitrogens with zero attached hydrogens (tertiary/aromatic N) is 4. The number of alkyl carbamates (subject to hydrolysis) is 1. The molecule has 0 aromatic carbocycles. The first-order chi connectivity index (χ1) is 20.7. The summed E-state index contributed by atoms with van der Waals surface area (Å²) < 4.78 is 32.1. The molecule has 4 aliphatic heterocycles. The molecular formula is C30H37FN6O6. The number of carbonyl (C=O) groups is 3. The minimum absolute atomic E-state index is 0.0241. The molecule has 3 amide bonds. The topological polar surface area (TPSA) is 146 Å². The van der Waals surface area contributed by atoms with Crippen molar-refractivity contribution < 1.29 is 33.0 Å². The molecule has 10 unspecified atom stereocenters. The van der Waals surface area contributed by atoms with Crippen LogP contribution in [0, 0.1) is 40.4 Å². The Hall–Kier alpha value is -3.66.